The van der Waals surface area contributed by atoms with Crippen LogP contribution in [0.5, 0.6) is 0 Å². The smallest absolute Gasteiger partial charge is 0.181 e. The van der Waals surface area contributed by atoms with Crippen molar-refractivity contribution in [2.45, 2.75) is 6.92 Å². The first-order valence-corrected chi connectivity index (χ1v) is 6.46. The van der Waals surface area contributed by atoms with Gasteiger partial charge in [-0.1, -0.05) is 24.3 Å². The van der Waals surface area contributed by atoms with Crippen molar-refractivity contribution in [3.8, 4) is 23.1 Å². The largest absolute Gasteiger partial charge is 0.399 e. The average Bonchev–Trinajstić information content (AvgIpc) is 2.96. The van der Waals surface area contributed by atoms with Gasteiger partial charge in [-0.3, -0.25) is 0 Å². The maximum Gasteiger partial charge on any atom is 0.181 e. The fraction of sp³-hybridized carbons (Fsp3) is 0.0625. The quantitative estimate of drug-likeness (QED) is 0.729. The minimum absolute atomic E-state index is 0.569. The molecular weight excluding hydrogens is 262 g/mol. The normalized spacial score (nSPS) is 10.3. The van der Waals surface area contributed by atoms with Gasteiger partial charge in [-0.05, 0) is 30.7 Å². The Morgan fingerprint density at radius 3 is 2.76 bits per heavy atom. The SMILES string of the molecule is Cc1cccc(C#N)c1-n1cnc(-c2cccc(N)c2)n1. The van der Waals surface area contributed by atoms with Crippen LogP contribution in [0.25, 0.3) is 17.1 Å². The Balaban J connectivity index is 2.10. The molecule has 0 unspecified atom stereocenters. The summed E-state index contributed by atoms with van der Waals surface area (Å²) < 4.78 is 1.63. The monoisotopic (exact) mass is 275 g/mol. The maximum atomic E-state index is 9.24. The molecule has 0 aliphatic carbocycles. The summed E-state index contributed by atoms with van der Waals surface area (Å²) in [5, 5.41) is 13.7. The van der Waals surface area contributed by atoms with Crippen molar-refractivity contribution < 1.29 is 0 Å². The molecule has 0 aliphatic rings. The molecule has 0 aliphatic heterocycles. The molecule has 21 heavy (non-hydrogen) atoms. The lowest BCUT2D eigenvalue weighted by molar-refractivity contribution is 0.871. The van der Waals surface area contributed by atoms with Crippen LogP contribution in [-0.4, -0.2) is 14.8 Å². The zero-order valence-corrected chi connectivity index (χ0v) is 11.5. The molecule has 0 saturated carbocycles. The summed E-state index contributed by atoms with van der Waals surface area (Å²) in [6, 6.07) is 15.1. The first-order chi connectivity index (χ1) is 10.2. The molecule has 3 rings (SSSR count). The van der Waals surface area contributed by atoms with E-state index in [9.17, 15) is 5.26 Å². The summed E-state index contributed by atoms with van der Waals surface area (Å²) in [6.07, 6.45) is 1.61. The molecule has 3 aromatic rings. The summed E-state index contributed by atoms with van der Waals surface area (Å²) >= 11 is 0. The molecule has 5 nitrogen and oxygen atoms in total. The molecule has 0 radical (unpaired) electrons. The van der Waals surface area contributed by atoms with E-state index in [1.54, 1.807) is 17.1 Å². The number of nitrogens with zero attached hydrogens (tertiary/aromatic N) is 4. The van der Waals surface area contributed by atoms with E-state index in [0.717, 1.165) is 16.8 Å². The van der Waals surface area contributed by atoms with E-state index >= 15 is 0 Å². The number of nitriles is 1. The van der Waals surface area contributed by atoms with Crippen LogP contribution in [0.1, 0.15) is 11.1 Å². The predicted octanol–water partition coefficient (Wildman–Crippen LogP) is 2.70. The van der Waals surface area contributed by atoms with Gasteiger partial charge in [0.05, 0.1) is 11.3 Å². The number of benzene rings is 2. The van der Waals surface area contributed by atoms with E-state index in [4.69, 9.17) is 5.73 Å². The van der Waals surface area contributed by atoms with Gasteiger partial charge in [-0.2, -0.15) is 5.26 Å². The number of para-hydroxylation sites is 1. The van der Waals surface area contributed by atoms with Gasteiger partial charge in [-0.25, -0.2) is 9.67 Å². The van der Waals surface area contributed by atoms with E-state index < -0.39 is 0 Å². The van der Waals surface area contributed by atoms with Gasteiger partial charge in [0.25, 0.3) is 0 Å². The van der Waals surface area contributed by atoms with Crippen LogP contribution >= 0.6 is 0 Å². The molecule has 5 heteroatoms. The van der Waals surface area contributed by atoms with Crippen molar-refractivity contribution in [1.82, 2.24) is 14.8 Å². The Hall–Kier alpha value is -3.13. The molecule has 0 bridgehead atoms. The second-order valence-corrected chi connectivity index (χ2v) is 4.72. The molecule has 0 saturated heterocycles. The fourth-order valence-corrected chi connectivity index (χ4v) is 2.23. The summed E-state index contributed by atoms with van der Waals surface area (Å²) in [5.41, 5.74) is 9.58. The first kappa shape index (κ1) is 12.9. The van der Waals surface area contributed by atoms with E-state index in [0.29, 0.717) is 17.1 Å². The molecular formula is C16H13N5. The van der Waals surface area contributed by atoms with Crippen molar-refractivity contribution >= 4 is 5.69 Å². The van der Waals surface area contributed by atoms with Crippen molar-refractivity contribution in [1.29, 1.82) is 5.26 Å². The van der Waals surface area contributed by atoms with Gasteiger partial charge in [-0.15, -0.1) is 5.10 Å². The predicted molar refractivity (Wildman–Crippen MR) is 80.7 cm³/mol. The number of nitrogen functional groups attached to an aromatic ring is 1. The first-order valence-electron chi connectivity index (χ1n) is 6.46. The molecule has 1 aromatic heterocycles. The standard InChI is InChI=1S/C16H13N5/c1-11-4-2-6-13(9-17)15(11)21-10-19-16(20-21)12-5-3-7-14(18)8-12/h2-8,10H,18H2,1H3. The molecule has 0 amide bonds. The number of nitrogens with two attached hydrogens (primary N) is 1. The third-order valence-corrected chi connectivity index (χ3v) is 3.22. The van der Waals surface area contributed by atoms with Gasteiger partial charge in [0.2, 0.25) is 0 Å². The van der Waals surface area contributed by atoms with Crippen molar-refractivity contribution in [3.63, 3.8) is 0 Å². The summed E-state index contributed by atoms with van der Waals surface area (Å²) in [5.74, 6) is 0.578. The molecule has 0 fully saturated rings. The Bertz CT molecular complexity index is 842. The van der Waals surface area contributed by atoms with Crippen molar-refractivity contribution in [2.24, 2.45) is 0 Å². The highest BCUT2D eigenvalue weighted by atomic mass is 15.3. The lowest BCUT2D eigenvalue weighted by Gasteiger charge is -2.06. The molecule has 0 atom stereocenters. The molecule has 2 N–H and O–H groups in total. The highest BCUT2D eigenvalue weighted by molar-refractivity contribution is 5.61. The lowest BCUT2D eigenvalue weighted by atomic mass is 10.1. The molecule has 2 aromatic carbocycles. The summed E-state index contributed by atoms with van der Waals surface area (Å²) in [6.45, 7) is 1.94. The van der Waals surface area contributed by atoms with E-state index in [1.165, 1.54) is 0 Å². The van der Waals surface area contributed by atoms with Crippen LogP contribution in [0.15, 0.2) is 48.8 Å². The van der Waals surface area contributed by atoms with Gasteiger partial charge in [0, 0.05) is 11.3 Å². The van der Waals surface area contributed by atoms with Crippen LogP contribution in [0, 0.1) is 18.3 Å². The van der Waals surface area contributed by atoms with Gasteiger partial charge in [0.1, 0.15) is 12.4 Å². The highest BCUT2D eigenvalue weighted by Gasteiger charge is 2.11. The van der Waals surface area contributed by atoms with Crippen LogP contribution in [0.2, 0.25) is 0 Å². The van der Waals surface area contributed by atoms with Crippen molar-refractivity contribution in [2.75, 3.05) is 5.73 Å². The highest BCUT2D eigenvalue weighted by Crippen LogP contribution is 2.21. The minimum Gasteiger partial charge on any atom is -0.399 e. The summed E-state index contributed by atoms with van der Waals surface area (Å²) in [4.78, 5) is 4.31. The molecule has 1 heterocycles. The Kier molecular flexibility index (Phi) is 3.13. The number of rotatable bonds is 2. The number of hydrogen-bond donors (Lipinski definition) is 1. The average molecular weight is 275 g/mol. The topological polar surface area (TPSA) is 80.5 Å². The molecule has 102 valence electrons. The van der Waals surface area contributed by atoms with Crippen molar-refractivity contribution in [3.05, 3.63) is 59.9 Å². The minimum atomic E-state index is 0.569. The number of hydrogen-bond acceptors (Lipinski definition) is 4. The second kappa shape index (κ2) is 5.10. The van der Waals surface area contributed by atoms with Gasteiger partial charge < -0.3 is 5.73 Å². The second-order valence-electron chi connectivity index (χ2n) is 4.72. The van der Waals surface area contributed by atoms with Crippen LogP contribution in [0.3, 0.4) is 0 Å². The summed E-state index contributed by atoms with van der Waals surface area (Å²) in [7, 11) is 0. The van der Waals surface area contributed by atoms with E-state index in [1.807, 2.05) is 43.3 Å². The molecule has 0 spiro atoms. The van der Waals surface area contributed by atoms with E-state index in [-0.39, 0.29) is 0 Å². The third kappa shape index (κ3) is 2.35. The third-order valence-electron chi connectivity index (χ3n) is 3.22. The van der Waals surface area contributed by atoms with Crippen LogP contribution in [0.4, 0.5) is 5.69 Å². The maximum absolute atomic E-state index is 9.24. The zero-order chi connectivity index (χ0) is 14.8. The van der Waals surface area contributed by atoms with Crippen LogP contribution in [-0.2, 0) is 0 Å². The van der Waals surface area contributed by atoms with E-state index in [2.05, 4.69) is 16.2 Å². The Morgan fingerprint density at radius 2 is 2.00 bits per heavy atom. The van der Waals surface area contributed by atoms with Crippen LogP contribution < -0.4 is 5.73 Å². The Labute approximate surface area is 122 Å². The zero-order valence-electron chi connectivity index (χ0n) is 11.5. The lowest BCUT2D eigenvalue weighted by Crippen LogP contribution is -2.01. The number of aryl methyl sites for hydroxylation is 1. The Morgan fingerprint density at radius 1 is 1.19 bits per heavy atom. The van der Waals surface area contributed by atoms with Gasteiger partial charge >= 0.3 is 0 Å². The number of aromatic nitrogens is 3. The fourth-order valence-electron chi connectivity index (χ4n) is 2.23. The number of anilines is 1. The van der Waals surface area contributed by atoms with Gasteiger partial charge in [0.15, 0.2) is 5.82 Å².